The number of hydrogen-bond donors (Lipinski definition) is 1. The van der Waals surface area contributed by atoms with Gasteiger partial charge in [-0.3, -0.25) is 4.21 Å². The molecule has 5 nitrogen and oxygen atoms in total. The standard InChI is InChI=1S/C17H30N2O3S/c1-17(2,3)22-16(20)19-14-4-5-15(19)11-13(10-14)18-12-6-8-23(21)9-7-12/h12-15,18H,4-11H2,1-3H3. The maximum Gasteiger partial charge on any atom is 0.410 e. The van der Waals surface area contributed by atoms with E-state index in [9.17, 15) is 9.00 Å². The molecule has 3 aliphatic rings. The zero-order chi connectivity index (χ0) is 16.6. The van der Waals surface area contributed by atoms with Crippen LogP contribution in [0.4, 0.5) is 4.79 Å². The second-order valence-corrected chi connectivity index (χ2v) is 9.93. The zero-order valence-corrected chi connectivity index (χ0v) is 15.4. The molecule has 3 aliphatic heterocycles. The van der Waals surface area contributed by atoms with Gasteiger partial charge in [0.15, 0.2) is 0 Å². The number of fused-ring (bicyclic) bond motifs is 2. The molecule has 6 heteroatoms. The van der Waals surface area contributed by atoms with Crippen molar-refractivity contribution in [2.24, 2.45) is 0 Å². The van der Waals surface area contributed by atoms with Gasteiger partial charge in [-0.2, -0.15) is 0 Å². The summed E-state index contributed by atoms with van der Waals surface area (Å²) in [4.78, 5) is 14.5. The highest BCUT2D eigenvalue weighted by Crippen LogP contribution is 2.37. The van der Waals surface area contributed by atoms with E-state index in [4.69, 9.17) is 4.74 Å². The van der Waals surface area contributed by atoms with Crippen molar-refractivity contribution in [2.75, 3.05) is 11.5 Å². The summed E-state index contributed by atoms with van der Waals surface area (Å²) in [5.41, 5.74) is -0.427. The van der Waals surface area contributed by atoms with Gasteiger partial charge < -0.3 is 15.0 Å². The molecule has 0 aromatic carbocycles. The molecule has 1 N–H and O–H groups in total. The number of nitrogens with one attached hydrogen (secondary N) is 1. The second-order valence-electron chi connectivity index (χ2n) is 8.23. The lowest BCUT2D eigenvalue weighted by atomic mass is 9.96. The van der Waals surface area contributed by atoms with Gasteiger partial charge in [-0.25, -0.2) is 4.79 Å². The summed E-state index contributed by atoms with van der Waals surface area (Å²) >= 11 is 0. The fraction of sp³-hybridized carbons (Fsp3) is 0.941. The first-order valence-corrected chi connectivity index (χ1v) is 10.4. The third-order valence-corrected chi connectivity index (χ3v) is 6.58. The van der Waals surface area contributed by atoms with Crippen LogP contribution >= 0.6 is 0 Å². The summed E-state index contributed by atoms with van der Waals surface area (Å²) < 4.78 is 17.1. The summed E-state index contributed by atoms with van der Waals surface area (Å²) in [5, 5.41) is 3.77. The van der Waals surface area contributed by atoms with E-state index < -0.39 is 16.4 Å². The summed E-state index contributed by atoms with van der Waals surface area (Å²) in [6.07, 6.45) is 6.14. The van der Waals surface area contributed by atoms with Crippen LogP contribution < -0.4 is 5.32 Å². The first-order valence-electron chi connectivity index (χ1n) is 8.94. The molecule has 0 saturated carbocycles. The Kier molecular flexibility index (Phi) is 5.02. The maximum absolute atomic E-state index is 12.5. The molecule has 0 aliphatic carbocycles. The van der Waals surface area contributed by atoms with Gasteiger partial charge in [0, 0.05) is 46.5 Å². The van der Waals surface area contributed by atoms with Gasteiger partial charge in [-0.15, -0.1) is 0 Å². The predicted molar refractivity (Wildman–Crippen MR) is 91.9 cm³/mol. The lowest BCUT2D eigenvalue weighted by Crippen LogP contribution is -2.54. The molecule has 0 aromatic heterocycles. The third-order valence-electron chi connectivity index (χ3n) is 5.20. The Hall–Kier alpha value is -0.620. The van der Waals surface area contributed by atoms with Crippen LogP contribution in [0, 0.1) is 0 Å². The van der Waals surface area contributed by atoms with Gasteiger partial charge >= 0.3 is 6.09 Å². The highest BCUT2D eigenvalue weighted by Gasteiger charge is 2.45. The monoisotopic (exact) mass is 342 g/mol. The quantitative estimate of drug-likeness (QED) is 0.837. The number of piperidine rings is 1. The van der Waals surface area contributed by atoms with E-state index in [-0.39, 0.29) is 6.09 Å². The van der Waals surface area contributed by atoms with Crippen molar-refractivity contribution in [3.05, 3.63) is 0 Å². The Balaban J connectivity index is 1.54. The average molecular weight is 343 g/mol. The minimum absolute atomic E-state index is 0.142. The molecule has 3 heterocycles. The topological polar surface area (TPSA) is 58.6 Å². The first kappa shape index (κ1) is 17.2. The van der Waals surface area contributed by atoms with Crippen LogP contribution in [0.5, 0.6) is 0 Å². The summed E-state index contributed by atoms with van der Waals surface area (Å²) in [6.45, 7) is 5.77. The van der Waals surface area contributed by atoms with Gasteiger partial charge in [-0.1, -0.05) is 0 Å². The molecule has 3 saturated heterocycles. The van der Waals surface area contributed by atoms with Crippen LogP contribution in [0.25, 0.3) is 0 Å². The Morgan fingerprint density at radius 2 is 1.61 bits per heavy atom. The summed E-state index contributed by atoms with van der Waals surface area (Å²) in [7, 11) is -0.600. The van der Waals surface area contributed by atoms with Crippen LogP contribution in [0.2, 0.25) is 0 Å². The Bertz CT molecular complexity index is 453. The minimum atomic E-state index is -0.600. The molecule has 3 rings (SSSR count). The van der Waals surface area contributed by atoms with Crippen LogP contribution in [0.3, 0.4) is 0 Å². The van der Waals surface area contributed by atoms with Gasteiger partial charge in [0.25, 0.3) is 0 Å². The molecule has 132 valence electrons. The van der Waals surface area contributed by atoms with E-state index in [1.165, 1.54) is 0 Å². The number of hydrogen-bond acceptors (Lipinski definition) is 4. The van der Waals surface area contributed by atoms with E-state index in [0.717, 1.165) is 50.0 Å². The van der Waals surface area contributed by atoms with Crippen LogP contribution in [0.15, 0.2) is 0 Å². The molecule has 3 fully saturated rings. The molecule has 2 unspecified atom stereocenters. The normalized spacial score (nSPS) is 37.7. The zero-order valence-electron chi connectivity index (χ0n) is 14.5. The van der Waals surface area contributed by atoms with E-state index in [1.54, 1.807) is 0 Å². The Labute approximate surface area is 142 Å². The van der Waals surface area contributed by atoms with Crippen molar-refractivity contribution in [2.45, 2.75) is 89.1 Å². The van der Waals surface area contributed by atoms with Crippen LogP contribution in [0.1, 0.15) is 59.3 Å². The molecule has 23 heavy (non-hydrogen) atoms. The van der Waals surface area contributed by atoms with Crippen molar-refractivity contribution in [1.29, 1.82) is 0 Å². The number of amides is 1. The van der Waals surface area contributed by atoms with Crippen LogP contribution in [-0.2, 0) is 15.5 Å². The molecule has 0 spiro atoms. The number of carbonyl (C=O) groups is 1. The van der Waals surface area contributed by atoms with Crippen molar-refractivity contribution in [1.82, 2.24) is 10.2 Å². The number of carbonyl (C=O) groups excluding carboxylic acids is 1. The predicted octanol–water partition coefficient (Wildman–Crippen LogP) is 2.42. The lowest BCUT2D eigenvalue weighted by molar-refractivity contribution is 0.00423. The molecule has 0 aromatic rings. The number of rotatable bonds is 2. The van der Waals surface area contributed by atoms with E-state index in [0.29, 0.717) is 24.2 Å². The highest BCUT2D eigenvalue weighted by molar-refractivity contribution is 7.85. The third kappa shape index (κ3) is 4.27. The van der Waals surface area contributed by atoms with Crippen molar-refractivity contribution < 1.29 is 13.7 Å². The number of nitrogens with zero attached hydrogens (tertiary/aromatic N) is 1. The second kappa shape index (κ2) is 6.71. The molecule has 0 radical (unpaired) electrons. The summed E-state index contributed by atoms with van der Waals surface area (Å²) in [5.74, 6) is 1.67. The van der Waals surface area contributed by atoms with Gasteiger partial charge in [0.1, 0.15) is 5.60 Å². The van der Waals surface area contributed by atoms with Gasteiger partial charge in [0.2, 0.25) is 0 Å². The maximum atomic E-state index is 12.5. The molecular weight excluding hydrogens is 312 g/mol. The van der Waals surface area contributed by atoms with E-state index >= 15 is 0 Å². The van der Waals surface area contributed by atoms with E-state index in [2.05, 4.69) is 5.32 Å². The Morgan fingerprint density at radius 3 is 2.13 bits per heavy atom. The van der Waals surface area contributed by atoms with Crippen molar-refractivity contribution in [3.8, 4) is 0 Å². The minimum Gasteiger partial charge on any atom is -0.444 e. The van der Waals surface area contributed by atoms with Gasteiger partial charge in [-0.05, 0) is 59.3 Å². The molecule has 2 atom stereocenters. The van der Waals surface area contributed by atoms with Crippen molar-refractivity contribution >= 4 is 16.9 Å². The lowest BCUT2D eigenvalue weighted by Gasteiger charge is -2.41. The molecule has 1 amide bonds. The van der Waals surface area contributed by atoms with Gasteiger partial charge in [0.05, 0.1) is 0 Å². The first-order chi connectivity index (χ1) is 10.8. The van der Waals surface area contributed by atoms with Crippen LogP contribution in [-0.4, -0.2) is 56.5 Å². The smallest absolute Gasteiger partial charge is 0.410 e. The Morgan fingerprint density at radius 1 is 1.04 bits per heavy atom. The van der Waals surface area contributed by atoms with E-state index in [1.807, 2.05) is 25.7 Å². The van der Waals surface area contributed by atoms with Crippen molar-refractivity contribution in [3.63, 3.8) is 0 Å². The SMILES string of the molecule is CC(C)(C)OC(=O)N1C2CCC1CC(NC1CCS(=O)CC1)C2. The molecule has 2 bridgehead atoms. The fourth-order valence-corrected chi connectivity index (χ4v) is 5.52. The largest absolute Gasteiger partial charge is 0.444 e. The molecular formula is C17H30N2O3S. The fourth-order valence-electron chi connectivity index (χ4n) is 4.22. The average Bonchev–Trinajstić information content (AvgIpc) is 2.72. The highest BCUT2D eigenvalue weighted by atomic mass is 32.2. The number of ether oxygens (including phenoxy) is 1. The summed E-state index contributed by atoms with van der Waals surface area (Å²) in [6, 6.07) is 1.63.